The number of methoxy groups -OCH3 is 1. The molecule has 0 aromatic heterocycles. The fraction of sp³-hybridized carbons (Fsp3) is 0.320. The maximum Gasteiger partial charge on any atom is 0.308 e. The summed E-state index contributed by atoms with van der Waals surface area (Å²) in [4.78, 5) is 40.9. The first kappa shape index (κ1) is 24.0. The van der Waals surface area contributed by atoms with Crippen LogP contribution < -0.4 is 9.47 Å². The van der Waals surface area contributed by atoms with E-state index in [1.807, 2.05) is 19.0 Å². The highest BCUT2D eigenvalue weighted by atomic mass is 16.5. The van der Waals surface area contributed by atoms with Gasteiger partial charge in [0, 0.05) is 25.6 Å². The van der Waals surface area contributed by atoms with E-state index in [0.717, 1.165) is 0 Å². The first-order valence-electron chi connectivity index (χ1n) is 10.5. The summed E-state index contributed by atoms with van der Waals surface area (Å²) in [6, 6.07) is 10.9. The number of esters is 1. The molecule has 1 atom stereocenters. The number of Topliss-reactive ketones (excluding diaryl/α,β-unsaturated/α-hetero) is 1. The summed E-state index contributed by atoms with van der Waals surface area (Å²) in [7, 11) is 5.28. The number of aliphatic hydroxyl groups excluding tert-OH is 1. The molecule has 0 saturated carbocycles. The molecule has 1 heterocycles. The summed E-state index contributed by atoms with van der Waals surface area (Å²) in [5.41, 5.74) is 1.67. The van der Waals surface area contributed by atoms with Crippen molar-refractivity contribution in [1.82, 2.24) is 9.80 Å². The van der Waals surface area contributed by atoms with Crippen molar-refractivity contribution < 1.29 is 29.0 Å². The molecule has 2 aromatic carbocycles. The summed E-state index contributed by atoms with van der Waals surface area (Å²) in [5, 5.41) is 11.2. The summed E-state index contributed by atoms with van der Waals surface area (Å²) in [6.07, 6.45) is 0. The van der Waals surface area contributed by atoms with Gasteiger partial charge in [0.15, 0.2) is 0 Å². The Morgan fingerprint density at radius 1 is 1.12 bits per heavy atom. The van der Waals surface area contributed by atoms with Gasteiger partial charge in [-0.1, -0.05) is 12.1 Å². The number of carbonyl (C=O) groups excluding carboxylic acids is 3. The van der Waals surface area contributed by atoms with E-state index in [0.29, 0.717) is 34.7 Å². The van der Waals surface area contributed by atoms with Gasteiger partial charge < -0.3 is 24.4 Å². The number of amides is 1. The SMILES string of the molecule is COc1ccc(/C(O)=C2\C(=O)C(=O)N(CCN(C)C)C2c2cccc(OC(C)=O)c2)c(C)c1. The molecule has 1 N–H and O–H groups in total. The van der Waals surface area contributed by atoms with Crippen LogP contribution in [0.1, 0.15) is 29.7 Å². The van der Waals surface area contributed by atoms with Crippen molar-refractivity contribution in [3.63, 3.8) is 0 Å². The number of aliphatic hydroxyl groups is 1. The molecule has 0 bridgehead atoms. The van der Waals surface area contributed by atoms with Gasteiger partial charge in [-0.25, -0.2) is 0 Å². The number of aryl methyl sites for hydroxylation is 1. The van der Waals surface area contributed by atoms with Gasteiger partial charge in [0.2, 0.25) is 0 Å². The number of hydrogen-bond acceptors (Lipinski definition) is 7. The smallest absolute Gasteiger partial charge is 0.308 e. The maximum absolute atomic E-state index is 13.1. The second kappa shape index (κ2) is 9.87. The zero-order chi connectivity index (χ0) is 24.3. The zero-order valence-corrected chi connectivity index (χ0v) is 19.4. The van der Waals surface area contributed by atoms with E-state index in [-0.39, 0.29) is 17.9 Å². The Morgan fingerprint density at radius 2 is 1.85 bits per heavy atom. The van der Waals surface area contributed by atoms with Gasteiger partial charge in [-0.15, -0.1) is 0 Å². The van der Waals surface area contributed by atoms with E-state index in [2.05, 4.69) is 0 Å². The van der Waals surface area contributed by atoms with Crippen molar-refractivity contribution in [3.8, 4) is 11.5 Å². The molecule has 1 aliphatic rings. The molecular formula is C25H28N2O6. The van der Waals surface area contributed by atoms with Crippen molar-refractivity contribution in [2.45, 2.75) is 19.9 Å². The topological polar surface area (TPSA) is 96.4 Å². The van der Waals surface area contributed by atoms with Gasteiger partial charge in [0.05, 0.1) is 18.7 Å². The molecule has 2 aromatic rings. The van der Waals surface area contributed by atoms with Crippen LogP contribution in [0.25, 0.3) is 5.76 Å². The third kappa shape index (κ3) is 5.06. The van der Waals surface area contributed by atoms with E-state index in [9.17, 15) is 19.5 Å². The minimum atomic E-state index is -0.832. The van der Waals surface area contributed by atoms with E-state index in [1.165, 1.54) is 11.8 Å². The highest BCUT2D eigenvalue weighted by molar-refractivity contribution is 6.46. The van der Waals surface area contributed by atoms with E-state index in [1.54, 1.807) is 56.5 Å². The van der Waals surface area contributed by atoms with E-state index < -0.39 is 23.7 Å². The van der Waals surface area contributed by atoms with Crippen molar-refractivity contribution in [2.75, 3.05) is 34.3 Å². The molecule has 1 saturated heterocycles. The van der Waals surface area contributed by atoms with Crippen LogP contribution in [0.15, 0.2) is 48.0 Å². The highest BCUT2D eigenvalue weighted by Gasteiger charge is 2.46. The van der Waals surface area contributed by atoms with Crippen LogP contribution in [0.5, 0.6) is 11.5 Å². The van der Waals surface area contributed by atoms with Gasteiger partial charge in [0.1, 0.15) is 17.3 Å². The quantitative estimate of drug-likeness (QED) is 0.227. The minimum absolute atomic E-state index is 0.00741. The number of likely N-dealkylation sites (N-methyl/N-ethyl adjacent to an activating group) is 1. The standard InChI is InChI=1S/C25H28N2O6/c1-15-13-18(32-5)9-10-20(15)23(29)21-22(17-7-6-8-19(14-17)33-16(2)28)27(12-11-26(3)4)25(31)24(21)30/h6-10,13-14,22,29H,11-12H2,1-5H3/b23-21+. The average molecular weight is 453 g/mol. The lowest BCUT2D eigenvalue weighted by atomic mass is 9.93. The molecule has 0 aliphatic carbocycles. The highest BCUT2D eigenvalue weighted by Crippen LogP contribution is 2.40. The first-order chi connectivity index (χ1) is 15.6. The van der Waals surface area contributed by atoms with Crippen LogP contribution >= 0.6 is 0 Å². The summed E-state index contributed by atoms with van der Waals surface area (Å²) in [6.45, 7) is 3.88. The monoisotopic (exact) mass is 452 g/mol. The largest absolute Gasteiger partial charge is 0.507 e. The lowest BCUT2D eigenvalue weighted by molar-refractivity contribution is -0.140. The van der Waals surface area contributed by atoms with Crippen molar-refractivity contribution in [3.05, 3.63) is 64.7 Å². The molecule has 1 aliphatic heterocycles. The Kier molecular flexibility index (Phi) is 7.18. The van der Waals surface area contributed by atoms with Gasteiger partial charge in [-0.3, -0.25) is 14.4 Å². The molecule has 8 nitrogen and oxygen atoms in total. The predicted octanol–water partition coefficient (Wildman–Crippen LogP) is 2.91. The summed E-state index contributed by atoms with van der Waals surface area (Å²) in [5.74, 6) is -1.29. The van der Waals surface area contributed by atoms with Gasteiger partial charge >= 0.3 is 5.97 Å². The third-order valence-corrected chi connectivity index (χ3v) is 5.45. The Morgan fingerprint density at radius 3 is 2.45 bits per heavy atom. The number of rotatable bonds is 7. The summed E-state index contributed by atoms with van der Waals surface area (Å²) < 4.78 is 10.4. The fourth-order valence-electron chi connectivity index (χ4n) is 3.85. The molecule has 8 heteroatoms. The Balaban J connectivity index is 2.18. The van der Waals surface area contributed by atoms with Gasteiger partial charge in [-0.05, 0) is 62.5 Å². The number of benzene rings is 2. The molecule has 174 valence electrons. The van der Waals surface area contributed by atoms with Crippen LogP contribution in [-0.4, -0.2) is 66.9 Å². The van der Waals surface area contributed by atoms with Crippen LogP contribution in [0.4, 0.5) is 0 Å². The third-order valence-electron chi connectivity index (χ3n) is 5.45. The first-order valence-corrected chi connectivity index (χ1v) is 10.5. The van der Waals surface area contributed by atoms with Crippen LogP contribution in [0.3, 0.4) is 0 Å². The average Bonchev–Trinajstić information content (AvgIpc) is 3.01. The Hall–Kier alpha value is -3.65. The lowest BCUT2D eigenvalue weighted by Crippen LogP contribution is -2.35. The predicted molar refractivity (Wildman–Crippen MR) is 123 cm³/mol. The number of hydrogen-bond donors (Lipinski definition) is 1. The molecule has 33 heavy (non-hydrogen) atoms. The van der Waals surface area contributed by atoms with E-state index in [4.69, 9.17) is 9.47 Å². The Bertz CT molecular complexity index is 1120. The molecule has 0 spiro atoms. The van der Waals surface area contributed by atoms with Crippen molar-refractivity contribution in [1.29, 1.82) is 0 Å². The lowest BCUT2D eigenvalue weighted by Gasteiger charge is -2.27. The van der Waals surface area contributed by atoms with Crippen molar-refractivity contribution in [2.24, 2.45) is 0 Å². The second-order valence-corrected chi connectivity index (χ2v) is 8.14. The van der Waals surface area contributed by atoms with Gasteiger partial charge in [-0.2, -0.15) is 0 Å². The normalized spacial score (nSPS) is 17.5. The number of ether oxygens (including phenoxy) is 2. The zero-order valence-electron chi connectivity index (χ0n) is 19.4. The molecular weight excluding hydrogens is 424 g/mol. The molecule has 1 fully saturated rings. The number of likely N-dealkylation sites (tertiary alicyclic amines) is 1. The fourth-order valence-corrected chi connectivity index (χ4v) is 3.85. The van der Waals surface area contributed by atoms with Crippen LogP contribution in [0, 0.1) is 6.92 Å². The maximum atomic E-state index is 13.1. The van der Waals surface area contributed by atoms with Gasteiger partial charge in [0.25, 0.3) is 11.7 Å². The second-order valence-electron chi connectivity index (χ2n) is 8.14. The number of nitrogens with zero attached hydrogens (tertiary/aromatic N) is 2. The molecule has 1 amide bonds. The number of ketones is 1. The summed E-state index contributed by atoms with van der Waals surface area (Å²) >= 11 is 0. The van der Waals surface area contributed by atoms with Crippen LogP contribution in [-0.2, 0) is 14.4 Å². The van der Waals surface area contributed by atoms with E-state index >= 15 is 0 Å². The Labute approximate surface area is 193 Å². The number of carbonyl (C=O) groups is 3. The van der Waals surface area contributed by atoms with Crippen LogP contribution in [0.2, 0.25) is 0 Å². The molecule has 0 radical (unpaired) electrons. The minimum Gasteiger partial charge on any atom is -0.507 e. The molecule has 1 unspecified atom stereocenters. The van der Waals surface area contributed by atoms with Crippen molar-refractivity contribution >= 4 is 23.4 Å². The molecule has 3 rings (SSSR count).